The fraction of sp³-hybridized carbons (Fsp3) is 0.842. The van der Waals surface area contributed by atoms with Crippen molar-refractivity contribution in [3.8, 4) is 0 Å². The van der Waals surface area contributed by atoms with Gasteiger partial charge in [-0.25, -0.2) is 4.57 Å². The molecule has 0 bridgehead atoms. The number of ether oxygens (including phenoxy) is 1. The largest absolute Gasteiger partial charge is 0.474 e. The number of hydrogen-bond donors (Lipinski definition) is 1. The third-order valence-corrected chi connectivity index (χ3v) is 25.6. The first-order valence-corrected chi connectivity index (χ1v) is 28.8. The van der Waals surface area contributed by atoms with Gasteiger partial charge < -0.3 is 22.9 Å². The highest BCUT2D eigenvalue weighted by atomic mass is 31.2. The summed E-state index contributed by atoms with van der Waals surface area (Å²) in [6.07, 6.45) is 7.20. The Morgan fingerprint density at radius 1 is 0.700 bits per heavy atom. The standard InChI is InChI=1S/C38H77O8PSi3/c1-29(2)22-20-23-30(3)24-21-25-31(4)26-27-41-47(39,40)44-35-34(46-50(18,19)38(11,12)13)33(45-49(16,17)37(8,9)10)32(43-35)28-42-48(14,15)36(5,6)7/h22,24,26,32-35H,20-21,23,25,27-28H2,1-19H3,(H,39,40)/b30-24+,31-26+/t32-,33-,34+,35+/m1/s1. The number of phosphoric ester groups is 1. The van der Waals surface area contributed by atoms with Gasteiger partial charge in [-0.05, 0) is 108 Å². The Hall–Kier alpha value is -0.179. The first-order chi connectivity index (χ1) is 22.3. The first-order valence-electron chi connectivity index (χ1n) is 18.6. The SMILES string of the molecule is CC(C)=CCC/C(C)=C/CC/C(C)=C/COP(=O)(O)O[C@@H]1O[C@H](CO[Si](C)(C)C(C)(C)C)[C@@H](O[Si](C)(C)C(C)(C)C)[C@@H]1O[Si](C)(C)C(C)(C)C. The topological polar surface area (TPSA) is 92.7 Å². The van der Waals surface area contributed by atoms with E-state index >= 15 is 0 Å². The maximum absolute atomic E-state index is 13.5. The number of allylic oxidation sites excluding steroid dienone is 5. The van der Waals surface area contributed by atoms with E-state index in [1.807, 2.05) is 13.0 Å². The van der Waals surface area contributed by atoms with E-state index in [4.69, 9.17) is 27.1 Å². The van der Waals surface area contributed by atoms with Crippen LogP contribution >= 0.6 is 7.82 Å². The zero-order chi connectivity index (χ0) is 39.1. The maximum Gasteiger partial charge on any atom is 0.474 e. The van der Waals surface area contributed by atoms with Crippen molar-refractivity contribution in [3.63, 3.8) is 0 Å². The van der Waals surface area contributed by atoms with E-state index in [2.05, 4.69) is 135 Å². The molecule has 8 nitrogen and oxygen atoms in total. The smallest absolute Gasteiger partial charge is 0.414 e. The molecule has 5 atom stereocenters. The molecule has 1 rings (SSSR count). The van der Waals surface area contributed by atoms with E-state index in [0.717, 1.165) is 31.3 Å². The van der Waals surface area contributed by atoms with E-state index in [9.17, 15) is 9.46 Å². The molecule has 0 aliphatic carbocycles. The first kappa shape index (κ1) is 47.8. The van der Waals surface area contributed by atoms with Crippen LogP contribution in [0.5, 0.6) is 0 Å². The fourth-order valence-corrected chi connectivity index (χ4v) is 8.86. The second-order valence-electron chi connectivity index (χ2n) is 19.1. The molecule has 0 spiro atoms. The van der Waals surface area contributed by atoms with Crippen molar-refractivity contribution in [1.82, 2.24) is 0 Å². The summed E-state index contributed by atoms with van der Waals surface area (Å²) in [5.41, 5.74) is 3.80. The van der Waals surface area contributed by atoms with Gasteiger partial charge in [0.25, 0.3) is 0 Å². The lowest BCUT2D eigenvalue weighted by molar-refractivity contribution is -0.124. The number of hydrogen-bond acceptors (Lipinski definition) is 7. The van der Waals surface area contributed by atoms with Crippen LogP contribution in [0.2, 0.25) is 54.4 Å². The van der Waals surface area contributed by atoms with Gasteiger partial charge in [0, 0.05) is 0 Å². The minimum atomic E-state index is -4.55. The van der Waals surface area contributed by atoms with E-state index in [0.29, 0.717) is 0 Å². The second kappa shape index (κ2) is 18.4. The van der Waals surface area contributed by atoms with Crippen LogP contribution < -0.4 is 0 Å². The highest BCUT2D eigenvalue weighted by Crippen LogP contribution is 2.50. The summed E-state index contributed by atoms with van der Waals surface area (Å²) < 4.78 is 52.2. The average molecular weight is 777 g/mol. The van der Waals surface area contributed by atoms with Gasteiger partial charge >= 0.3 is 7.82 Å². The van der Waals surface area contributed by atoms with Crippen molar-refractivity contribution in [3.05, 3.63) is 34.9 Å². The molecule has 1 saturated heterocycles. The predicted octanol–water partition coefficient (Wildman–Crippen LogP) is 12.1. The Labute approximate surface area is 311 Å². The minimum Gasteiger partial charge on any atom is -0.414 e. The van der Waals surface area contributed by atoms with Crippen molar-refractivity contribution < 1.29 is 36.5 Å². The molecule has 0 aromatic heterocycles. The number of rotatable bonds is 18. The Bertz CT molecular complexity index is 1220. The summed E-state index contributed by atoms with van der Waals surface area (Å²) in [6.45, 7) is 41.5. The summed E-state index contributed by atoms with van der Waals surface area (Å²) in [5.74, 6) is 0. The van der Waals surface area contributed by atoms with Crippen LogP contribution in [0.1, 0.15) is 116 Å². The zero-order valence-corrected chi connectivity index (χ0v) is 39.4. The summed E-state index contributed by atoms with van der Waals surface area (Å²) in [5, 5.41) is -0.219. The molecule has 0 aromatic rings. The van der Waals surface area contributed by atoms with E-state index in [1.54, 1.807) is 0 Å². The Morgan fingerprint density at radius 2 is 1.14 bits per heavy atom. The van der Waals surface area contributed by atoms with Gasteiger partial charge in [0.1, 0.15) is 18.3 Å². The molecule has 0 amide bonds. The fourth-order valence-electron chi connectivity index (χ4n) is 4.49. The zero-order valence-electron chi connectivity index (χ0n) is 35.5. The Balaban J connectivity index is 3.30. The molecule has 0 aromatic carbocycles. The third kappa shape index (κ3) is 15.3. The lowest BCUT2D eigenvalue weighted by Crippen LogP contribution is -2.55. The maximum atomic E-state index is 13.5. The molecule has 1 heterocycles. The molecule has 1 fully saturated rings. The van der Waals surface area contributed by atoms with Gasteiger partial charge in [0.05, 0.1) is 13.2 Å². The van der Waals surface area contributed by atoms with Crippen molar-refractivity contribution >= 4 is 32.8 Å². The van der Waals surface area contributed by atoms with E-state index in [1.165, 1.54) is 11.1 Å². The van der Waals surface area contributed by atoms with E-state index < -0.39 is 57.4 Å². The Morgan fingerprint density at radius 3 is 1.60 bits per heavy atom. The molecule has 0 saturated carbocycles. The average Bonchev–Trinajstić information content (AvgIpc) is 3.18. The van der Waals surface area contributed by atoms with Crippen LogP contribution in [0.3, 0.4) is 0 Å². The van der Waals surface area contributed by atoms with Crippen molar-refractivity contribution in [2.24, 2.45) is 0 Å². The van der Waals surface area contributed by atoms with E-state index in [-0.39, 0.29) is 28.3 Å². The monoisotopic (exact) mass is 776 g/mol. The van der Waals surface area contributed by atoms with Gasteiger partial charge in [-0.3, -0.25) is 9.05 Å². The molecule has 0 radical (unpaired) electrons. The molecule has 1 N–H and O–H groups in total. The van der Waals surface area contributed by atoms with Gasteiger partial charge in [0.2, 0.25) is 0 Å². The molecule has 1 unspecified atom stereocenters. The minimum absolute atomic E-state index is 0.00479. The second-order valence-corrected chi connectivity index (χ2v) is 34.9. The summed E-state index contributed by atoms with van der Waals surface area (Å²) in [6, 6.07) is 0. The predicted molar refractivity (Wildman–Crippen MR) is 218 cm³/mol. The molecule has 12 heteroatoms. The third-order valence-electron chi connectivity index (χ3n) is 11.2. The summed E-state index contributed by atoms with van der Waals surface area (Å²) in [7, 11) is -11.5. The van der Waals surface area contributed by atoms with Gasteiger partial charge in [-0.15, -0.1) is 0 Å². The molecular formula is C38H77O8PSi3. The highest BCUT2D eigenvalue weighted by Gasteiger charge is 2.56. The molecule has 1 aliphatic rings. The quantitative estimate of drug-likeness (QED) is 0.0836. The molecule has 294 valence electrons. The molecule has 50 heavy (non-hydrogen) atoms. The highest BCUT2D eigenvalue weighted by molar-refractivity contribution is 7.47. The van der Waals surface area contributed by atoms with Crippen LogP contribution in [-0.4, -0.2) is 67.7 Å². The number of phosphoric acid groups is 1. The van der Waals surface area contributed by atoms with Gasteiger partial charge in [-0.1, -0.05) is 97.3 Å². The normalized spacial score (nSPS) is 23.3. The van der Waals surface area contributed by atoms with Crippen LogP contribution in [0.4, 0.5) is 0 Å². The Kier molecular flexibility index (Phi) is 17.6. The summed E-state index contributed by atoms with van der Waals surface area (Å²) >= 11 is 0. The van der Waals surface area contributed by atoms with Crippen LogP contribution in [0.25, 0.3) is 0 Å². The lowest BCUT2D eigenvalue weighted by atomic mass is 10.1. The molecule has 1 aliphatic heterocycles. The van der Waals surface area contributed by atoms with Gasteiger partial charge in [-0.2, -0.15) is 0 Å². The van der Waals surface area contributed by atoms with Crippen molar-refractivity contribution in [1.29, 1.82) is 0 Å². The molecular weight excluding hydrogens is 700 g/mol. The van der Waals surface area contributed by atoms with Crippen molar-refractivity contribution in [2.45, 2.75) is 195 Å². The van der Waals surface area contributed by atoms with Crippen molar-refractivity contribution in [2.75, 3.05) is 13.2 Å². The summed E-state index contributed by atoms with van der Waals surface area (Å²) in [4.78, 5) is 11.0. The van der Waals surface area contributed by atoms with Gasteiger partial charge in [0.15, 0.2) is 31.2 Å². The van der Waals surface area contributed by atoms with Crippen LogP contribution in [0, 0.1) is 0 Å². The van der Waals surface area contributed by atoms with Crippen LogP contribution in [0.15, 0.2) is 34.9 Å². The van der Waals surface area contributed by atoms with Crippen LogP contribution in [-0.2, 0) is 31.6 Å². The lowest BCUT2D eigenvalue weighted by Gasteiger charge is -2.44.